The predicted octanol–water partition coefficient (Wildman–Crippen LogP) is 4.52. The van der Waals surface area contributed by atoms with Gasteiger partial charge in [0.1, 0.15) is 0 Å². The van der Waals surface area contributed by atoms with Crippen LogP contribution in [0.5, 0.6) is 0 Å². The number of benzene rings is 1. The number of fused-ring (bicyclic) bond motifs is 2. The maximum Gasteiger partial charge on any atom is 0.435 e. The first kappa shape index (κ1) is 21.6. The van der Waals surface area contributed by atoms with Crippen molar-refractivity contribution < 1.29 is 18.0 Å². The van der Waals surface area contributed by atoms with Crippen molar-refractivity contribution in [2.75, 3.05) is 6.54 Å². The van der Waals surface area contributed by atoms with Crippen LogP contribution in [0, 0.1) is 6.92 Å². The summed E-state index contributed by atoms with van der Waals surface area (Å²) in [7, 11) is 3.19. The minimum atomic E-state index is -4.53. The number of rotatable bonds is 2. The number of nitrogens with zero attached hydrogens (tertiary/aromatic N) is 6. The van der Waals surface area contributed by atoms with Crippen LogP contribution >= 0.6 is 11.3 Å². The predicted molar refractivity (Wildman–Crippen MR) is 118 cm³/mol. The van der Waals surface area contributed by atoms with Crippen molar-refractivity contribution in [3.05, 3.63) is 51.8 Å². The number of halogens is 3. The molecule has 0 bridgehead atoms. The Morgan fingerprint density at radius 3 is 2.61 bits per heavy atom. The molecular weight excluding hydrogens is 453 g/mol. The van der Waals surface area contributed by atoms with Gasteiger partial charge in [0.15, 0.2) is 5.69 Å². The van der Waals surface area contributed by atoms with E-state index >= 15 is 0 Å². The number of aryl methyl sites for hydroxylation is 3. The van der Waals surface area contributed by atoms with Crippen LogP contribution in [0.15, 0.2) is 23.7 Å². The molecule has 7 nitrogen and oxygen atoms in total. The van der Waals surface area contributed by atoms with Gasteiger partial charge in [-0.25, -0.2) is 4.98 Å². The Balaban J connectivity index is 1.51. The number of alkyl halides is 3. The summed E-state index contributed by atoms with van der Waals surface area (Å²) in [5.41, 5.74) is 5.74. The van der Waals surface area contributed by atoms with Crippen LogP contribution in [0.2, 0.25) is 0 Å². The van der Waals surface area contributed by atoms with Gasteiger partial charge >= 0.3 is 6.18 Å². The summed E-state index contributed by atoms with van der Waals surface area (Å²) in [6.07, 6.45) is -4.04. The van der Waals surface area contributed by atoms with Gasteiger partial charge in [-0.3, -0.25) is 14.2 Å². The lowest BCUT2D eigenvalue weighted by Crippen LogP contribution is -2.39. The van der Waals surface area contributed by atoms with E-state index in [1.807, 2.05) is 26.0 Å². The summed E-state index contributed by atoms with van der Waals surface area (Å²) in [6, 6.07) is 4.44. The zero-order valence-corrected chi connectivity index (χ0v) is 19.3. The molecule has 3 aromatic heterocycles. The Hall–Kier alpha value is -3.21. The highest BCUT2D eigenvalue weighted by Crippen LogP contribution is 2.38. The number of carbonyl (C=O) groups excluding carboxylic acids is 1. The van der Waals surface area contributed by atoms with E-state index in [1.165, 1.54) is 23.1 Å². The molecule has 0 saturated heterocycles. The zero-order chi connectivity index (χ0) is 23.7. The maximum absolute atomic E-state index is 13.4. The summed E-state index contributed by atoms with van der Waals surface area (Å²) in [5.74, 6) is -0.0985. The number of carbonyl (C=O) groups is 1. The lowest BCUT2D eigenvalue weighted by Gasteiger charge is -2.33. The second kappa shape index (κ2) is 7.41. The topological polar surface area (TPSA) is 68.8 Å². The van der Waals surface area contributed by atoms with Crippen molar-refractivity contribution >= 4 is 27.5 Å². The summed E-state index contributed by atoms with van der Waals surface area (Å²) in [5, 5.41) is 8.24. The van der Waals surface area contributed by atoms with Gasteiger partial charge in [-0.15, -0.1) is 11.3 Å². The number of hydrogen-bond acceptors (Lipinski definition) is 5. The third kappa shape index (κ3) is 3.41. The average molecular weight is 475 g/mol. The molecule has 4 heterocycles. The zero-order valence-electron chi connectivity index (χ0n) is 18.4. The lowest BCUT2D eigenvalue weighted by atomic mass is 9.96. The van der Waals surface area contributed by atoms with E-state index in [1.54, 1.807) is 22.1 Å². The molecule has 11 heteroatoms. The second-order valence-corrected chi connectivity index (χ2v) is 9.18. The molecule has 4 aromatic rings. The highest BCUT2D eigenvalue weighted by atomic mass is 32.1. The fourth-order valence-electron chi connectivity index (χ4n) is 4.60. The second-order valence-electron chi connectivity index (χ2n) is 8.29. The number of hydrogen-bond donors (Lipinski definition) is 0. The number of aromatic nitrogens is 5. The molecule has 0 spiro atoms. The fraction of sp³-hybridized carbons (Fsp3) is 0.364. The van der Waals surface area contributed by atoms with Gasteiger partial charge in [0.05, 0.1) is 38.9 Å². The highest BCUT2D eigenvalue weighted by Gasteiger charge is 2.37. The molecule has 0 aliphatic carbocycles. The summed E-state index contributed by atoms with van der Waals surface area (Å²) >= 11 is 1.49. The quantitative estimate of drug-likeness (QED) is 0.429. The monoisotopic (exact) mass is 474 g/mol. The summed E-state index contributed by atoms with van der Waals surface area (Å²) in [6.45, 7) is 4.27. The molecular formula is C22H21F3N6OS. The summed E-state index contributed by atoms with van der Waals surface area (Å²) in [4.78, 5) is 19.5. The van der Waals surface area contributed by atoms with Crippen molar-refractivity contribution in [3.8, 4) is 11.4 Å². The van der Waals surface area contributed by atoms with E-state index in [0.717, 1.165) is 27.4 Å². The first-order chi connectivity index (χ1) is 15.6. The highest BCUT2D eigenvalue weighted by molar-refractivity contribution is 7.16. The van der Waals surface area contributed by atoms with Gasteiger partial charge in [-0.2, -0.15) is 23.4 Å². The van der Waals surface area contributed by atoms with Gasteiger partial charge in [0.25, 0.3) is 5.91 Å². The van der Waals surface area contributed by atoms with E-state index in [0.29, 0.717) is 35.6 Å². The van der Waals surface area contributed by atoms with Crippen LogP contribution in [-0.4, -0.2) is 41.9 Å². The molecule has 1 amide bonds. The molecule has 172 valence electrons. The molecule has 1 aliphatic heterocycles. The van der Waals surface area contributed by atoms with Crippen LogP contribution in [0.1, 0.15) is 45.8 Å². The molecule has 0 saturated carbocycles. The molecule has 5 rings (SSSR count). The van der Waals surface area contributed by atoms with Crippen LogP contribution in [0.25, 0.3) is 21.6 Å². The minimum absolute atomic E-state index is 0.0985. The Morgan fingerprint density at radius 2 is 1.91 bits per heavy atom. The van der Waals surface area contributed by atoms with Crippen molar-refractivity contribution in [3.63, 3.8) is 0 Å². The Morgan fingerprint density at radius 1 is 1.15 bits per heavy atom. The van der Waals surface area contributed by atoms with Crippen LogP contribution in [0.4, 0.5) is 13.2 Å². The van der Waals surface area contributed by atoms with Crippen LogP contribution in [0.3, 0.4) is 0 Å². The Kier molecular flexibility index (Phi) is 4.85. The van der Waals surface area contributed by atoms with E-state index in [2.05, 4.69) is 15.2 Å². The first-order valence-corrected chi connectivity index (χ1v) is 11.3. The maximum atomic E-state index is 13.4. The molecule has 1 aliphatic rings. The largest absolute Gasteiger partial charge is 0.435 e. The van der Waals surface area contributed by atoms with Gasteiger partial charge < -0.3 is 4.90 Å². The molecule has 0 radical (unpaired) electrons. The van der Waals surface area contributed by atoms with Gasteiger partial charge in [-0.1, -0.05) is 0 Å². The number of thiazole rings is 1. The van der Waals surface area contributed by atoms with E-state index in [4.69, 9.17) is 0 Å². The molecule has 1 atom stereocenters. The third-order valence-corrected chi connectivity index (χ3v) is 6.97. The molecule has 33 heavy (non-hydrogen) atoms. The molecule has 0 unspecified atom stereocenters. The Labute approximate surface area is 191 Å². The fourth-order valence-corrected chi connectivity index (χ4v) is 5.39. The standard InChI is InChI=1S/C22H21F3N6OS/c1-11-7-13(8-16-18(11)26-10-33-16)21(32)31-6-5-14-19(12(31)2)28-30(4)20(14)15-9-17(22(23,24)25)27-29(15)3/h7-10,12H,5-6H2,1-4H3/t12-/m0/s1. The molecule has 0 N–H and O–H groups in total. The van der Waals surface area contributed by atoms with Crippen molar-refractivity contribution in [2.45, 2.75) is 32.5 Å². The van der Waals surface area contributed by atoms with Gasteiger partial charge in [-0.05, 0) is 44.0 Å². The lowest BCUT2D eigenvalue weighted by molar-refractivity contribution is -0.141. The van der Waals surface area contributed by atoms with Crippen LogP contribution < -0.4 is 0 Å². The van der Waals surface area contributed by atoms with Gasteiger partial charge in [0, 0.05) is 31.8 Å². The van der Waals surface area contributed by atoms with Crippen LogP contribution in [-0.2, 0) is 26.7 Å². The summed E-state index contributed by atoms with van der Waals surface area (Å²) < 4.78 is 43.3. The smallest absolute Gasteiger partial charge is 0.330 e. The number of amides is 1. The van der Waals surface area contributed by atoms with Crippen molar-refractivity contribution in [2.24, 2.45) is 14.1 Å². The molecule has 0 fully saturated rings. The van der Waals surface area contributed by atoms with E-state index in [9.17, 15) is 18.0 Å². The van der Waals surface area contributed by atoms with E-state index in [-0.39, 0.29) is 11.9 Å². The van der Waals surface area contributed by atoms with Crippen molar-refractivity contribution in [1.29, 1.82) is 0 Å². The average Bonchev–Trinajstić information content (AvgIpc) is 3.44. The van der Waals surface area contributed by atoms with Crippen molar-refractivity contribution in [1.82, 2.24) is 29.4 Å². The minimum Gasteiger partial charge on any atom is -0.330 e. The van der Waals surface area contributed by atoms with E-state index < -0.39 is 11.9 Å². The van der Waals surface area contributed by atoms with Gasteiger partial charge in [0.2, 0.25) is 0 Å². The normalized spacial score (nSPS) is 16.5. The first-order valence-electron chi connectivity index (χ1n) is 10.4. The third-order valence-electron chi connectivity index (χ3n) is 6.19. The Bertz CT molecular complexity index is 1400. The molecule has 1 aromatic carbocycles. The SMILES string of the molecule is Cc1cc(C(=O)N2CCc3c(nn(C)c3-c3cc(C(F)(F)F)nn3C)[C@@H]2C)cc2scnc12.